The van der Waals surface area contributed by atoms with Gasteiger partial charge in [0.05, 0.1) is 4.90 Å². The van der Waals surface area contributed by atoms with Gasteiger partial charge in [0.2, 0.25) is 10.0 Å². The number of nitrogens with one attached hydrogen (secondary N) is 1. The molecule has 1 aliphatic carbocycles. The molecule has 0 saturated heterocycles. The Morgan fingerprint density at radius 1 is 1.15 bits per heavy atom. The number of hydrogen-bond acceptors (Lipinski definition) is 4. The van der Waals surface area contributed by atoms with Crippen LogP contribution in [-0.2, 0) is 27.7 Å². The summed E-state index contributed by atoms with van der Waals surface area (Å²) in [7, 11) is -3.58. The first-order valence-corrected chi connectivity index (χ1v) is 9.91. The van der Waals surface area contributed by atoms with Gasteiger partial charge in [-0.1, -0.05) is 17.7 Å². The number of benzene rings is 2. The molecule has 0 aromatic heterocycles. The third-order valence-electron chi connectivity index (χ3n) is 4.24. The molecule has 1 aliphatic rings. The van der Waals surface area contributed by atoms with Gasteiger partial charge in [0.25, 0.3) is 0 Å². The van der Waals surface area contributed by atoms with Crippen LogP contribution in [0.1, 0.15) is 11.1 Å². The lowest BCUT2D eigenvalue weighted by molar-refractivity contribution is -0.139. The van der Waals surface area contributed by atoms with Gasteiger partial charge >= 0.3 is 5.97 Å². The van der Waals surface area contributed by atoms with Crippen molar-refractivity contribution in [3.63, 3.8) is 0 Å². The lowest BCUT2D eigenvalue weighted by Gasteiger charge is -2.11. The zero-order valence-electron chi connectivity index (χ0n) is 13.8. The largest absolute Gasteiger partial charge is 0.482 e. The minimum atomic E-state index is -3.58. The van der Waals surface area contributed by atoms with Crippen molar-refractivity contribution in [2.24, 2.45) is 5.92 Å². The van der Waals surface area contributed by atoms with E-state index in [1.807, 2.05) is 12.1 Å². The average molecular weight is 396 g/mol. The summed E-state index contributed by atoms with van der Waals surface area (Å²) >= 11 is 5.79. The van der Waals surface area contributed by atoms with Crippen LogP contribution in [0.5, 0.6) is 5.75 Å². The maximum atomic E-state index is 12.3. The minimum Gasteiger partial charge on any atom is -0.482 e. The van der Waals surface area contributed by atoms with E-state index in [0.717, 1.165) is 17.5 Å². The molecule has 2 aromatic rings. The molecule has 0 saturated carbocycles. The van der Waals surface area contributed by atoms with Crippen LogP contribution in [0.25, 0.3) is 0 Å². The summed E-state index contributed by atoms with van der Waals surface area (Å²) in [6.07, 6.45) is 1.47. The molecule has 26 heavy (non-hydrogen) atoms. The molecule has 0 radical (unpaired) electrons. The molecule has 2 aromatic carbocycles. The standard InChI is InChI=1S/C18H18ClNO5S/c19-15-2-5-17(6-3-15)26(23,24)20-10-12-7-13-1-4-16(9-14(13)8-12)25-11-18(21)22/h1-6,9,12,20H,7-8,10-11H2,(H,21,22). The van der Waals surface area contributed by atoms with Crippen LogP contribution in [0.3, 0.4) is 0 Å². The third kappa shape index (κ3) is 4.55. The van der Waals surface area contributed by atoms with Crippen molar-refractivity contribution in [2.75, 3.05) is 13.2 Å². The molecule has 1 unspecified atom stereocenters. The second-order valence-electron chi connectivity index (χ2n) is 6.19. The Hall–Kier alpha value is -2.09. The Morgan fingerprint density at radius 2 is 1.85 bits per heavy atom. The lowest BCUT2D eigenvalue weighted by Crippen LogP contribution is -2.29. The van der Waals surface area contributed by atoms with Crippen LogP contribution >= 0.6 is 11.6 Å². The van der Waals surface area contributed by atoms with E-state index in [4.69, 9.17) is 21.4 Å². The molecule has 8 heteroatoms. The summed E-state index contributed by atoms with van der Waals surface area (Å²) < 4.78 is 32.5. The van der Waals surface area contributed by atoms with Crippen LogP contribution in [0.15, 0.2) is 47.4 Å². The van der Waals surface area contributed by atoms with Gasteiger partial charge < -0.3 is 9.84 Å². The summed E-state index contributed by atoms with van der Waals surface area (Å²) in [5, 5.41) is 9.15. The molecule has 3 rings (SSSR count). The van der Waals surface area contributed by atoms with Gasteiger partial charge in [-0.05, 0) is 66.3 Å². The topological polar surface area (TPSA) is 92.7 Å². The molecular formula is C18H18ClNO5S. The van der Waals surface area contributed by atoms with E-state index in [2.05, 4.69) is 4.72 Å². The Bertz CT molecular complexity index is 912. The number of aliphatic carboxylic acids is 1. The van der Waals surface area contributed by atoms with Gasteiger partial charge in [0.1, 0.15) is 5.75 Å². The Kier molecular flexibility index (Phi) is 5.50. The second-order valence-corrected chi connectivity index (χ2v) is 8.40. The smallest absolute Gasteiger partial charge is 0.341 e. The first kappa shape index (κ1) is 18.7. The number of carbonyl (C=O) groups is 1. The van der Waals surface area contributed by atoms with E-state index in [1.54, 1.807) is 18.2 Å². The van der Waals surface area contributed by atoms with E-state index < -0.39 is 16.0 Å². The highest BCUT2D eigenvalue weighted by Gasteiger charge is 2.24. The van der Waals surface area contributed by atoms with Crippen molar-refractivity contribution in [2.45, 2.75) is 17.7 Å². The fourth-order valence-corrected chi connectivity index (χ4v) is 4.23. The van der Waals surface area contributed by atoms with E-state index >= 15 is 0 Å². The van der Waals surface area contributed by atoms with Crippen LogP contribution in [0.4, 0.5) is 0 Å². The molecular weight excluding hydrogens is 378 g/mol. The van der Waals surface area contributed by atoms with Crippen molar-refractivity contribution < 1.29 is 23.1 Å². The predicted octanol–water partition coefficient (Wildman–Crippen LogP) is 2.50. The summed E-state index contributed by atoms with van der Waals surface area (Å²) in [6.45, 7) is -0.0614. The van der Waals surface area contributed by atoms with Gasteiger partial charge in [0, 0.05) is 11.6 Å². The van der Waals surface area contributed by atoms with Crippen LogP contribution in [0, 0.1) is 5.92 Å². The SMILES string of the molecule is O=C(O)COc1ccc2c(c1)CC(CNS(=O)(=O)c1ccc(Cl)cc1)C2. The number of carboxylic acid groups (broad SMARTS) is 1. The van der Waals surface area contributed by atoms with E-state index in [-0.39, 0.29) is 17.4 Å². The summed E-state index contributed by atoms with van der Waals surface area (Å²) in [6, 6.07) is 11.5. The third-order valence-corrected chi connectivity index (χ3v) is 5.93. The molecule has 0 amide bonds. The van der Waals surface area contributed by atoms with E-state index in [9.17, 15) is 13.2 Å². The van der Waals surface area contributed by atoms with Crippen molar-refractivity contribution in [1.29, 1.82) is 0 Å². The second kappa shape index (κ2) is 7.65. The van der Waals surface area contributed by atoms with Crippen LogP contribution in [0.2, 0.25) is 5.02 Å². The highest BCUT2D eigenvalue weighted by molar-refractivity contribution is 7.89. The van der Waals surface area contributed by atoms with E-state index in [0.29, 0.717) is 23.7 Å². The Morgan fingerprint density at radius 3 is 2.54 bits per heavy atom. The monoisotopic (exact) mass is 395 g/mol. The Balaban J connectivity index is 1.60. The highest BCUT2D eigenvalue weighted by Crippen LogP contribution is 2.30. The van der Waals surface area contributed by atoms with Crippen molar-refractivity contribution in [3.8, 4) is 5.75 Å². The number of halogens is 1. The number of ether oxygens (including phenoxy) is 1. The van der Waals surface area contributed by atoms with Crippen LogP contribution in [-0.4, -0.2) is 32.6 Å². The zero-order valence-corrected chi connectivity index (χ0v) is 15.4. The molecule has 0 fully saturated rings. The molecule has 2 N–H and O–H groups in total. The first-order chi connectivity index (χ1) is 12.3. The predicted molar refractivity (Wildman–Crippen MR) is 97.1 cm³/mol. The first-order valence-electron chi connectivity index (χ1n) is 8.05. The normalized spacial score (nSPS) is 16.3. The molecule has 0 heterocycles. The minimum absolute atomic E-state index is 0.141. The Labute approximate surface area is 156 Å². The van der Waals surface area contributed by atoms with Crippen LogP contribution < -0.4 is 9.46 Å². The molecule has 0 spiro atoms. The van der Waals surface area contributed by atoms with Crippen molar-refractivity contribution >= 4 is 27.6 Å². The van der Waals surface area contributed by atoms with Gasteiger partial charge in [-0.25, -0.2) is 17.9 Å². The number of hydrogen-bond donors (Lipinski definition) is 2. The molecule has 1 atom stereocenters. The maximum Gasteiger partial charge on any atom is 0.341 e. The van der Waals surface area contributed by atoms with Gasteiger partial charge in [-0.2, -0.15) is 0 Å². The van der Waals surface area contributed by atoms with Crippen molar-refractivity contribution in [1.82, 2.24) is 4.72 Å². The number of rotatable bonds is 7. The van der Waals surface area contributed by atoms with E-state index in [1.165, 1.54) is 12.1 Å². The lowest BCUT2D eigenvalue weighted by atomic mass is 10.1. The summed E-state index contributed by atoms with van der Waals surface area (Å²) in [5.74, 6) is -0.379. The van der Waals surface area contributed by atoms with Gasteiger partial charge in [0.15, 0.2) is 6.61 Å². The summed E-state index contributed by atoms with van der Waals surface area (Å²) in [4.78, 5) is 10.8. The van der Waals surface area contributed by atoms with Gasteiger partial charge in [-0.3, -0.25) is 0 Å². The quantitative estimate of drug-likeness (QED) is 0.751. The average Bonchev–Trinajstić information content (AvgIpc) is 3.01. The molecule has 0 bridgehead atoms. The van der Waals surface area contributed by atoms with Gasteiger partial charge in [-0.15, -0.1) is 0 Å². The fourth-order valence-electron chi connectivity index (χ4n) is 2.99. The number of sulfonamides is 1. The van der Waals surface area contributed by atoms with Crippen molar-refractivity contribution in [3.05, 3.63) is 58.6 Å². The fraction of sp³-hybridized carbons (Fsp3) is 0.278. The molecule has 6 nitrogen and oxygen atoms in total. The maximum absolute atomic E-state index is 12.3. The number of fused-ring (bicyclic) bond motifs is 1. The molecule has 138 valence electrons. The highest BCUT2D eigenvalue weighted by atomic mass is 35.5. The molecule has 0 aliphatic heterocycles. The number of carboxylic acids is 1. The summed E-state index contributed by atoms with van der Waals surface area (Å²) in [5.41, 5.74) is 2.19. The zero-order chi connectivity index (χ0) is 18.7.